The Balaban J connectivity index is 1.77. The quantitative estimate of drug-likeness (QED) is 0.456. The number of anilines is 1. The topological polar surface area (TPSA) is 36.3 Å². The van der Waals surface area contributed by atoms with E-state index in [1.807, 2.05) is 18.3 Å². The third kappa shape index (κ3) is 4.24. The van der Waals surface area contributed by atoms with E-state index in [4.69, 9.17) is 12.2 Å². The molecule has 0 bridgehead atoms. The van der Waals surface area contributed by atoms with Crippen LogP contribution in [0.1, 0.15) is 62.4 Å². The molecule has 1 saturated heterocycles. The molecule has 0 unspecified atom stereocenters. The number of aromatic nitrogens is 2. The molecule has 1 fully saturated rings. The van der Waals surface area contributed by atoms with Crippen molar-refractivity contribution in [3.63, 3.8) is 0 Å². The van der Waals surface area contributed by atoms with Gasteiger partial charge in [0.1, 0.15) is 0 Å². The highest BCUT2D eigenvalue weighted by atomic mass is 32.1. The lowest BCUT2D eigenvalue weighted by Crippen LogP contribution is -2.35. The van der Waals surface area contributed by atoms with Crippen molar-refractivity contribution in [2.75, 3.05) is 18.0 Å². The number of hydrogen-bond acceptors (Lipinski definition) is 3. The molecular formula is C27H35N5S. The van der Waals surface area contributed by atoms with E-state index in [0.717, 1.165) is 23.9 Å². The van der Waals surface area contributed by atoms with Crippen molar-refractivity contribution < 1.29 is 0 Å². The average molecular weight is 462 g/mol. The standard InChI is InChI=1S/C27H35N5S/c1-7-30(8-2)21-12-14-22(15-13-21)32-19(5)17-23(20(32)6)26-25(24-11-9-10-16-28-24)29-27(33)31(26)18(3)4/h9-18,25-26H,7-8H2,1-6H3,(H,29,33)/t25-,26-/m0/s1. The number of nitrogens with zero attached hydrogens (tertiary/aromatic N) is 4. The Bertz CT molecular complexity index is 1100. The van der Waals surface area contributed by atoms with Gasteiger partial charge in [-0.25, -0.2) is 0 Å². The third-order valence-electron chi connectivity index (χ3n) is 6.72. The zero-order chi connectivity index (χ0) is 23.7. The van der Waals surface area contributed by atoms with Crippen LogP contribution in [0.25, 0.3) is 5.69 Å². The molecule has 6 heteroatoms. The molecule has 5 nitrogen and oxygen atoms in total. The lowest BCUT2D eigenvalue weighted by Gasteiger charge is -2.31. The van der Waals surface area contributed by atoms with Gasteiger partial charge in [0, 0.05) is 48.1 Å². The van der Waals surface area contributed by atoms with Gasteiger partial charge in [0.15, 0.2) is 5.11 Å². The Hall–Kier alpha value is -2.86. The first-order chi connectivity index (χ1) is 15.9. The molecule has 174 valence electrons. The van der Waals surface area contributed by atoms with Crippen LogP contribution in [0.5, 0.6) is 0 Å². The summed E-state index contributed by atoms with van der Waals surface area (Å²) in [5.41, 5.74) is 7.22. The number of hydrogen-bond donors (Lipinski definition) is 1. The highest BCUT2D eigenvalue weighted by Crippen LogP contribution is 2.42. The van der Waals surface area contributed by atoms with E-state index in [2.05, 4.69) is 103 Å². The summed E-state index contributed by atoms with van der Waals surface area (Å²) >= 11 is 5.78. The molecule has 3 aromatic rings. The Morgan fingerprint density at radius 2 is 1.76 bits per heavy atom. The molecule has 1 aromatic carbocycles. The Morgan fingerprint density at radius 3 is 2.33 bits per heavy atom. The zero-order valence-corrected chi connectivity index (χ0v) is 21.4. The lowest BCUT2D eigenvalue weighted by molar-refractivity contribution is 0.269. The van der Waals surface area contributed by atoms with Crippen LogP contribution >= 0.6 is 12.2 Å². The molecule has 33 heavy (non-hydrogen) atoms. The van der Waals surface area contributed by atoms with Crippen LogP contribution in [-0.4, -0.2) is 38.7 Å². The Morgan fingerprint density at radius 1 is 1.06 bits per heavy atom. The fraction of sp³-hybridized carbons (Fsp3) is 0.407. The highest BCUT2D eigenvalue weighted by Gasteiger charge is 2.42. The minimum absolute atomic E-state index is 0.0140. The van der Waals surface area contributed by atoms with Crippen molar-refractivity contribution in [3.8, 4) is 5.69 Å². The Kier molecular flexibility index (Phi) is 6.75. The van der Waals surface area contributed by atoms with E-state index < -0.39 is 0 Å². The molecule has 0 aliphatic carbocycles. The molecule has 1 N–H and O–H groups in total. The van der Waals surface area contributed by atoms with Crippen molar-refractivity contribution in [3.05, 3.63) is 77.4 Å². The molecule has 0 radical (unpaired) electrons. The van der Waals surface area contributed by atoms with Gasteiger partial charge in [-0.1, -0.05) is 6.07 Å². The van der Waals surface area contributed by atoms with Gasteiger partial charge < -0.3 is 19.7 Å². The number of benzene rings is 1. The van der Waals surface area contributed by atoms with Crippen molar-refractivity contribution in [2.45, 2.75) is 59.7 Å². The smallest absolute Gasteiger partial charge is 0.170 e. The summed E-state index contributed by atoms with van der Waals surface area (Å²) in [6.45, 7) is 15.2. The maximum absolute atomic E-state index is 5.78. The number of rotatable bonds is 7. The van der Waals surface area contributed by atoms with Gasteiger partial charge in [-0.3, -0.25) is 4.98 Å². The molecule has 1 aliphatic rings. The van der Waals surface area contributed by atoms with Crippen LogP contribution in [0.15, 0.2) is 54.7 Å². The Labute approximate surface area is 203 Å². The molecule has 3 heterocycles. The maximum atomic E-state index is 5.78. The average Bonchev–Trinajstić information content (AvgIpc) is 3.31. The highest BCUT2D eigenvalue weighted by molar-refractivity contribution is 7.80. The van der Waals surface area contributed by atoms with E-state index in [-0.39, 0.29) is 18.1 Å². The van der Waals surface area contributed by atoms with Crippen LogP contribution in [-0.2, 0) is 0 Å². The first kappa shape index (κ1) is 23.3. The summed E-state index contributed by atoms with van der Waals surface area (Å²) in [6, 6.07) is 17.7. The van der Waals surface area contributed by atoms with Gasteiger partial charge in [0.05, 0.1) is 17.8 Å². The van der Waals surface area contributed by atoms with Crippen LogP contribution in [0, 0.1) is 13.8 Å². The molecule has 0 saturated carbocycles. The summed E-state index contributed by atoms with van der Waals surface area (Å²) in [7, 11) is 0. The van der Waals surface area contributed by atoms with Crippen LogP contribution < -0.4 is 10.2 Å². The first-order valence-corrected chi connectivity index (χ1v) is 12.3. The summed E-state index contributed by atoms with van der Waals surface area (Å²) in [5, 5.41) is 4.35. The molecule has 4 rings (SSSR count). The normalized spacial score (nSPS) is 18.2. The van der Waals surface area contributed by atoms with Gasteiger partial charge >= 0.3 is 0 Å². The van der Waals surface area contributed by atoms with E-state index in [1.165, 1.54) is 28.3 Å². The molecule has 0 amide bonds. The minimum atomic E-state index is 0.0140. The maximum Gasteiger partial charge on any atom is 0.170 e. The number of pyridine rings is 1. The lowest BCUT2D eigenvalue weighted by atomic mass is 9.96. The van der Waals surface area contributed by atoms with Crippen molar-refractivity contribution in [1.29, 1.82) is 0 Å². The van der Waals surface area contributed by atoms with Crippen LogP contribution in [0.3, 0.4) is 0 Å². The van der Waals surface area contributed by atoms with Crippen molar-refractivity contribution in [2.24, 2.45) is 0 Å². The molecule has 1 aliphatic heterocycles. The predicted octanol–water partition coefficient (Wildman–Crippen LogP) is 5.72. The van der Waals surface area contributed by atoms with Gasteiger partial charge in [-0.05, 0) is 102 Å². The van der Waals surface area contributed by atoms with E-state index in [0.29, 0.717) is 0 Å². The van der Waals surface area contributed by atoms with E-state index >= 15 is 0 Å². The van der Waals surface area contributed by atoms with E-state index in [1.54, 1.807) is 0 Å². The van der Waals surface area contributed by atoms with Gasteiger partial charge in [-0.2, -0.15) is 0 Å². The molecular weight excluding hydrogens is 426 g/mol. The molecule has 2 atom stereocenters. The number of aryl methyl sites for hydroxylation is 1. The zero-order valence-electron chi connectivity index (χ0n) is 20.5. The minimum Gasteiger partial charge on any atom is -0.372 e. The van der Waals surface area contributed by atoms with Gasteiger partial charge in [-0.15, -0.1) is 0 Å². The summed E-state index contributed by atoms with van der Waals surface area (Å²) in [4.78, 5) is 9.36. The third-order valence-corrected chi connectivity index (χ3v) is 7.05. The monoisotopic (exact) mass is 461 g/mol. The largest absolute Gasteiger partial charge is 0.372 e. The summed E-state index contributed by atoms with van der Waals surface area (Å²) < 4.78 is 2.36. The summed E-state index contributed by atoms with van der Waals surface area (Å²) in [6.07, 6.45) is 1.86. The fourth-order valence-corrected chi connectivity index (χ4v) is 5.59. The number of thiocarbonyl (C=S) groups is 1. The van der Waals surface area contributed by atoms with E-state index in [9.17, 15) is 0 Å². The van der Waals surface area contributed by atoms with Crippen molar-refractivity contribution >= 4 is 23.0 Å². The van der Waals surface area contributed by atoms with Crippen molar-refractivity contribution in [1.82, 2.24) is 19.8 Å². The second kappa shape index (κ2) is 9.56. The molecule has 0 spiro atoms. The first-order valence-electron chi connectivity index (χ1n) is 11.9. The van der Waals surface area contributed by atoms with Crippen LogP contribution in [0.2, 0.25) is 0 Å². The second-order valence-corrected chi connectivity index (χ2v) is 9.36. The molecule has 2 aromatic heterocycles. The fourth-order valence-electron chi connectivity index (χ4n) is 5.14. The van der Waals surface area contributed by atoms with Gasteiger partial charge in [0.2, 0.25) is 0 Å². The van der Waals surface area contributed by atoms with Gasteiger partial charge in [0.25, 0.3) is 0 Å². The second-order valence-electron chi connectivity index (χ2n) is 8.98. The SMILES string of the molecule is CCN(CC)c1ccc(-n2c(C)cc([C@H]3[C@H](c4ccccn4)NC(=S)N3C(C)C)c2C)cc1. The predicted molar refractivity (Wildman–Crippen MR) is 141 cm³/mol. The van der Waals surface area contributed by atoms with Crippen LogP contribution in [0.4, 0.5) is 5.69 Å². The number of nitrogens with one attached hydrogen (secondary N) is 1. The summed E-state index contributed by atoms with van der Waals surface area (Å²) in [5.74, 6) is 0.